The molecule has 0 spiro atoms. The zero-order valence-corrected chi connectivity index (χ0v) is 11.9. The molecule has 0 aromatic carbocycles. The lowest BCUT2D eigenvalue weighted by molar-refractivity contribution is 0.271. The molecular weight excluding hydrogens is 291 g/mol. The van der Waals surface area contributed by atoms with Crippen LogP contribution in [0.25, 0.3) is 0 Å². The van der Waals surface area contributed by atoms with E-state index in [1.807, 2.05) is 20.2 Å². The van der Waals surface area contributed by atoms with E-state index in [0.717, 1.165) is 23.0 Å². The zero-order chi connectivity index (χ0) is 12.0. The first-order valence-electron chi connectivity index (χ1n) is 5.11. The van der Waals surface area contributed by atoms with Crippen LogP contribution < -0.4 is 4.74 Å². The van der Waals surface area contributed by atoms with E-state index < -0.39 is 0 Å². The second kappa shape index (κ2) is 7.09. The average molecular weight is 308 g/mol. The van der Waals surface area contributed by atoms with Crippen LogP contribution in [0.3, 0.4) is 0 Å². The van der Waals surface area contributed by atoms with Crippen molar-refractivity contribution < 1.29 is 4.74 Å². The number of ether oxygens (including phenoxy) is 1. The van der Waals surface area contributed by atoms with E-state index in [-0.39, 0.29) is 0 Å². The highest BCUT2D eigenvalue weighted by Gasteiger charge is 2.05. The van der Waals surface area contributed by atoms with Crippen LogP contribution in [0.5, 0.6) is 5.88 Å². The van der Waals surface area contributed by atoms with Gasteiger partial charge in [-0.05, 0) is 42.5 Å². The highest BCUT2D eigenvalue weighted by atomic mass is 79.9. The standard InChI is InChI=1S/C11H16BrClN2O/c1-15(2)4-3-5-16-11-9(7-13)6-10(12)8-14-11/h6,8H,3-5,7H2,1-2H3. The summed E-state index contributed by atoms with van der Waals surface area (Å²) < 4.78 is 6.51. The lowest BCUT2D eigenvalue weighted by Crippen LogP contribution is -2.16. The molecule has 0 N–H and O–H groups in total. The first kappa shape index (κ1) is 13.7. The third-order valence-electron chi connectivity index (χ3n) is 2.02. The second-order valence-corrected chi connectivity index (χ2v) is 4.94. The average Bonchev–Trinajstić information content (AvgIpc) is 2.25. The third-order valence-corrected chi connectivity index (χ3v) is 2.75. The smallest absolute Gasteiger partial charge is 0.217 e. The fraction of sp³-hybridized carbons (Fsp3) is 0.545. The number of halogens is 2. The summed E-state index contributed by atoms with van der Waals surface area (Å²) in [6.07, 6.45) is 2.70. The van der Waals surface area contributed by atoms with Gasteiger partial charge in [0.25, 0.3) is 0 Å². The number of hydrogen-bond acceptors (Lipinski definition) is 3. The van der Waals surface area contributed by atoms with Crippen LogP contribution in [0, 0.1) is 0 Å². The lowest BCUT2D eigenvalue weighted by Gasteiger charge is -2.11. The van der Waals surface area contributed by atoms with Crippen molar-refractivity contribution in [2.45, 2.75) is 12.3 Å². The van der Waals surface area contributed by atoms with Crippen LogP contribution in [0.1, 0.15) is 12.0 Å². The molecule has 0 atom stereocenters. The quantitative estimate of drug-likeness (QED) is 0.597. The Morgan fingerprint density at radius 1 is 1.50 bits per heavy atom. The van der Waals surface area contributed by atoms with Crippen LogP contribution in [0.2, 0.25) is 0 Å². The maximum absolute atomic E-state index is 5.82. The summed E-state index contributed by atoms with van der Waals surface area (Å²) in [5.41, 5.74) is 0.917. The van der Waals surface area contributed by atoms with Gasteiger partial charge in [-0.25, -0.2) is 4.98 Å². The van der Waals surface area contributed by atoms with Gasteiger partial charge in [-0.1, -0.05) is 0 Å². The van der Waals surface area contributed by atoms with Gasteiger partial charge in [0.15, 0.2) is 0 Å². The zero-order valence-electron chi connectivity index (χ0n) is 9.54. The number of rotatable bonds is 6. The van der Waals surface area contributed by atoms with E-state index in [1.165, 1.54) is 0 Å². The molecule has 0 fully saturated rings. The molecule has 16 heavy (non-hydrogen) atoms. The first-order chi connectivity index (χ1) is 7.63. The number of hydrogen-bond donors (Lipinski definition) is 0. The van der Waals surface area contributed by atoms with E-state index in [4.69, 9.17) is 16.3 Å². The first-order valence-corrected chi connectivity index (χ1v) is 6.44. The van der Waals surface area contributed by atoms with E-state index in [1.54, 1.807) is 6.20 Å². The van der Waals surface area contributed by atoms with E-state index in [2.05, 4.69) is 25.8 Å². The summed E-state index contributed by atoms with van der Waals surface area (Å²) in [6, 6.07) is 1.93. The normalized spacial score (nSPS) is 10.8. The van der Waals surface area contributed by atoms with Crippen molar-refractivity contribution >= 4 is 27.5 Å². The fourth-order valence-electron chi connectivity index (χ4n) is 1.24. The third kappa shape index (κ3) is 4.68. The SMILES string of the molecule is CN(C)CCCOc1ncc(Br)cc1CCl. The summed E-state index contributed by atoms with van der Waals surface area (Å²) in [5, 5.41) is 0. The molecule has 1 aromatic rings. The van der Waals surface area contributed by atoms with Gasteiger partial charge in [0.05, 0.1) is 12.5 Å². The minimum absolute atomic E-state index is 0.412. The molecule has 90 valence electrons. The molecule has 3 nitrogen and oxygen atoms in total. The minimum atomic E-state index is 0.412. The van der Waals surface area contributed by atoms with Gasteiger partial charge in [-0.2, -0.15) is 0 Å². The number of aromatic nitrogens is 1. The number of nitrogens with zero attached hydrogens (tertiary/aromatic N) is 2. The minimum Gasteiger partial charge on any atom is -0.477 e. The Hall–Kier alpha value is -0.320. The molecule has 0 radical (unpaired) electrons. The van der Waals surface area contributed by atoms with Gasteiger partial charge in [0.1, 0.15) is 0 Å². The Morgan fingerprint density at radius 2 is 2.25 bits per heavy atom. The van der Waals surface area contributed by atoms with Gasteiger partial charge in [0, 0.05) is 22.8 Å². The van der Waals surface area contributed by atoms with Gasteiger partial charge in [0.2, 0.25) is 5.88 Å². The Kier molecular flexibility index (Phi) is 6.09. The van der Waals surface area contributed by atoms with Crippen molar-refractivity contribution in [3.05, 3.63) is 22.3 Å². The van der Waals surface area contributed by atoms with Gasteiger partial charge in [-0.15, -0.1) is 11.6 Å². The summed E-state index contributed by atoms with van der Waals surface area (Å²) >= 11 is 9.17. The van der Waals surface area contributed by atoms with Gasteiger partial charge in [-0.3, -0.25) is 0 Å². The Bertz CT molecular complexity index is 334. The maximum atomic E-state index is 5.82. The molecule has 1 aromatic heterocycles. The highest BCUT2D eigenvalue weighted by Crippen LogP contribution is 2.21. The van der Waals surface area contributed by atoms with Crippen molar-refractivity contribution in [2.24, 2.45) is 0 Å². The van der Waals surface area contributed by atoms with Crippen LogP contribution in [0.15, 0.2) is 16.7 Å². The fourth-order valence-corrected chi connectivity index (χ4v) is 1.81. The molecule has 1 heterocycles. The van der Waals surface area contributed by atoms with Crippen molar-refractivity contribution in [2.75, 3.05) is 27.2 Å². The van der Waals surface area contributed by atoms with Crippen molar-refractivity contribution in [1.82, 2.24) is 9.88 Å². The van der Waals surface area contributed by atoms with E-state index in [0.29, 0.717) is 18.4 Å². The van der Waals surface area contributed by atoms with Crippen LogP contribution >= 0.6 is 27.5 Å². The molecule has 5 heteroatoms. The molecule has 0 saturated carbocycles. The van der Waals surface area contributed by atoms with E-state index >= 15 is 0 Å². The van der Waals surface area contributed by atoms with Crippen LogP contribution in [0.4, 0.5) is 0 Å². The monoisotopic (exact) mass is 306 g/mol. The molecule has 0 saturated heterocycles. The molecule has 0 amide bonds. The number of alkyl halides is 1. The molecule has 1 rings (SSSR count). The lowest BCUT2D eigenvalue weighted by atomic mass is 10.3. The van der Waals surface area contributed by atoms with Crippen LogP contribution in [-0.2, 0) is 5.88 Å². The largest absolute Gasteiger partial charge is 0.477 e. The summed E-state index contributed by atoms with van der Waals surface area (Å²) in [6.45, 7) is 1.67. The maximum Gasteiger partial charge on any atom is 0.217 e. The predicted octanol–water partition coefficient (Wildman–Crippen LogP) is 2.91. The summed E-state index contributed by atoms with van der Waals surface area (Å²) in [7, 11) is 4.09. The Labute approximate surface area is 110 Å². The Morgan fingerprint density at radius 3 is 2.88 bits per heavy atom. The molecule has 0 bridgehead atoms. The van der Waals surface area contributed by atoms with E-state index in [9.17, 15) is 0 Å². The molecule has 0 aliphatic carbocycles. The number of pyridine rings is 1. The topological polar surface area (TPSA) is 25.4 Å². The molecule has 0 aliphatic heterocycles. The molecule has 0 unspecified atom stereocenters. The summed E-state index contributed by atoms with van der Waals surface area (Å²) in [4.78, 5) is 6.32. The second-order valence-electron chi connectivity index (χ2n) is 3.76. The van der Waals surface area contributed by atoms with Gasteiger partial charge < -0.3 is 9.64 Å². The van der Waals surface area contributed by atoms with Crippen molar-refractivity contribution in [3.63, 3.8) is 0 Å². The molecular formula is C11H16BrClN2O. The summed E-state index contributed by atoms with van der Waals surface area (Å²) in [5.74, 6) is 1.05. The highest BCUT2D eigenvalue weighted by molar-refractivity contribution is 9.10. The predicted molar refractivity (Wildman–Crippen MR) is 70.2 cm³/mol. The van der Waals surface area contributed by atoms with Crippen LogP contribution in [-0.4, -0.2) is 37.1 Å². The molecule has 0 aliphatic rings. The van der Waals surface area contributed by atoms with Crippen molar-refractivity contribution in [1.29, 1.82) is 0 Å². The van der Waals surface area contributed by atoms with Crippen molar-refractivity contribution in [3.8, 4) is 5.88 Å². The van der Waals surface area contributed by atoms with Gasteiger partial charge >= 0.3 is 0 Å². The Balaban J connectivity index is 2.47.